The quantitative estimate of drug-likeness (QED) is 0.628. The van der Waals surface area contributed by atoms with Crippen molar-refractivity contribution in [1.82, 2.24) is 10.2 Å². The predicted molar refractivity (Wildman–Crippen MR) is 74.3 cm³/mol. The summed E-state index contributed by atoms with van der Waals surface area (Å²) in [6.07, 6.45) is -1.53. The van der Waals surface area contributed by atoms with Crippen LogP contribution in [0.2, 0.25) is 0 Å². The van der Waals surface area contributed by atoms with Gasteiger partial charge >= 0.3 is 6.18 Å². The Morgan fingerprint density at radius 1 is 1.15 bits per heavy atom. The lowest BCUT2D eigenvalue weighted by Gasteiger charge is -2.24. The van der Waals surface area contributed by atoms with Gasteiger partial charge in [0.1, 0.15) is 5.54 Å². The van der Waals surface area contributed by atoms with Gasteiger partial charge in [-0.2, -0.15) is 18.4 Å². The molecule has 0 saturated heterocycles. The molecule has 1 N–H and O–H groups in total. The largest absolute Gasteiger partial charge is 0.390 e. The molecule has 0 rings (SSSR count). The highest BCUT2D eigenvalue weighted by Crippen LogP contribution is 2.19. The summed E-state index contributed by atoms with van der Waals surface area (Å²) >= 11 is 0. The Morgan fingerprint density at radius 2 is 1.80 bits per heavy atom. The Hall–Kier alpha value is -0.800. The molecule has 0 aromatic rings. The Kier molecular flexibility index (Phi) is 8.83. The Labute approximate surface area is 120 Å². The van der Waals surface area contributed by atoms with E-state index in [-0.39, 0.29) is 6.54 Å². The fourth-order valence-corrected chi connectivity index (χ4v) is 1.87. The molecule has 0 aromatic carbocycles. The van der Waals surface area contributed by atoms with Gasteiger partial charge in [0.15, 0.2) is 0 Å². The second-order valence-corrected chi connectivity index (χ2v) is 5.50. The third kappa shape index (κ3) is 10.0. The number of unbranched alkanes of at least 4 members (excludes halogenated alkanes) is 1. The molecular weight excluding hydrogens is 267 g/mol. The third-order valence-corrected chi connectivity index (χ3v) is 3.26. The molecule has 3 nitrogen and oxygen atoms in total. The van der Waals surface area contributed by atoms with Crippen molar-refractivity contribution in [2.24, 2.45) is 0 Å². The van der Waals surface area contributed by atoms with Gasteiger partial charge in [-0.25, -0.2) is 0 Å². The van der Waals surface area contributed by atoms with Crippen molar-refractivity contribution in [2.45, 2.75) is 57.7 Å². The van der Waals surface area contributed by atoms with Gasteiger partial charge in [0, 0.05) is 6.54 Å². The zero-order valence-corrected chi connectivity index (χ0v) is 12.7. The molecule has 0 spiro atoms. The van der Waals surface area contributed by atoms with Crippen molar-refractivity contribution in [3.05, 3.63) is 0 Å². The number of nitriles is 1. The summed E-state index contributed by atoms with van der Waals surface area (Å²) in [5.41, 5.74) is -0.527. The molecule has 1 unspecified atom stereocenters. The van der Waals surface area contributed by atoms with Crippen LogP contribution in [0.15, 0.2) is 0 Å². The van der Waals surface area contributed by atoms with Gasteiger partial charge in [0.05, 0.1) is 12.5 Å². The highest BCUT2D eigenvalue weighted by molar-refractivity contribution is 5.03. The summed E-state index contributed by atoms with van der Waals surface area (Å²) in [4.78, 5) is 1.69. The van der Waals surface area contributed by atoms with Crippen molar-refractivity contribution in [3.63, 3.8) is 0 Å². The highest BCUT2D eigenvalue weighted by atomic mass is 19.4. The third-order valence-electron chi connectivity index (χ3n) is 3.26. The minimum Gasteiger partial charge on any atom is -0.306 e. The summed E-state index contributed by atoms with van der Waals surface area (Å²) in [5, 5.41) is 12.4. The van der Waals surface area contributed by atoms with Crippen LogP contribution in [0.5, 0.6) is 0 Å². The van der Waals surface area contributed by atoms with E-state index < -0.39 is 18.1 Å². The molecule has 0 amide bonds. The number of rotatable bonds is 10. The molecule has 0 fully saturated rings. The van der Waals surface area contributed by atoms with Crippen LogP contribution in [0, 0.1) is 11.3 Å². The molecule has 0 saturated carbocycles. The molecule has 0 aliphatic carbocycles. The van der Waals surface area contributed by atoms with Crippen LogP contribution in [0.3, 0.4) is 0 Å². The summed E-state index contributed by atoms with van der Waals surface area (Å²) < 4.78 is 36.2. The van der Waals surface area contributed by atoms with E-state index in [1.165, 1.54) is 0 Å². The number of hydrogen-bond acceptors (Lipinski definition) is 3. The Bertz CT molecular complexity index is 299. The van der Waals surface area contributed by atoms with Gasteiger partial charge in [-0.1, -0.05) is 6.92 Å². The van der Waals surface area contributed by atoms with Crippen molar-refractivity contribution in [2.75, 3.05) is 26.7 Å². The van der Waals surface area contributed by atoms with Crippen LogP contribution in [-0.4, -0.2) is 43.3 Å². The fourth-order valence-electron chi connectivity index (χ4n) is 1.87. The monoisotopic (exact) mass is 293 g/mol. The predicted octanol–water partition coefficient (Wildman–Crippen LogP) is 3.32. The van der Waals surface area contributed by atoms with E-state index in [2.05, 4.69) is 11.4 Å². The Morgan fingerprint density at radius 3 is 2.30 bits per heavy atom. The van der Waals surface area contributed by atoms with Gasteiger partial charge in [-0.3, -0.25) is 5.32 Å². The minimum atomic E-state index is -4.09. The fraction of sp³-hybridized carbons (Fsp3) is 0.929. The summed E-state index contributed by atoms with van der Waals surface area (Å²) in [5.74, 6) is 0. The van der Waals surface area contributed by atoms with Crippen LogP contribution in [-0.2, 0) is 0 Å². The van der Waals surface area contributed by atoms with Gasteiger partial charge in [-0.05, 0) is 52.7 Å². The van der Waals surface area contributed by atoms with Gasteiger partial charge in [-0.15, -0.1) is 0 Å². The normalized spacial score (nSPS) is 15.1. The highest BCUT2D eigenvalue weighted by Gasteiger charge is 2.27. The average Bonchev–Trinajstić information content (AvgIpc) is 2.38. The lowest BCUT2D eigenvalue weighted by Crippen LogP contribution is -2.41. The Balaban J connectivity index is 3.81. The first kappa shape index (κ1) is 19.2. The lowest BCUT2D eigenvalue weighted by atomic mass is 9.96. The van der Waals surface area contributed by atoms with Crippen molar-refractivity contribution in [3.8, 4) is 6.07 Å². The number of nitrogens with one attached hydrogen (secondary N) is 1. The lowest BCUT2D eigenvalue weighted by molar-refractivity contribution is -0.137. The smallest absolute Gasteiger partial charge is 0.306 e. The van der Waals surface area contributed by atoms with E-state index in [1.54, 1.807) is 11.9 Å². The van der Waals surface area contributed by atoms with Crippen molar-refractivity contribution in [1.29, 1.82) is 5.26 Å². The molecule has 6 heteroatoms. The van der Waals surface area contributed by atoms with Gasteiger partial charge in [0.25, 0.3) is 0 Å². The summed E-state index contributed by atoms with van der Waals surface area (Å²) in [6.45, 7) is 5.38. The molecule has 20 heavy (non-hydrogen) atoms. The zero-order valence-electron chi connectivity index (χ0n) is 12.7. The van der Waals surface area contributed by atoms with Crippen LogP contribution >= 0.6 is 0 Å². The van der Waals surface area contributed by atoms with E-state index in [4.69, 9.17) is 5.26 Å². The van der Waals surface area contributed by atoms with Crippen molar-refractivity contribution < 1.29 is 13.2 Å². The summed E-state index contributed by atoms with van der Waals surface area (Å²) in [6, 6.07) is 2.27. The number of alkyl halides is 3. The molecule has 0 aromatic heterocycles. The maximum atomic E-state index is 12.1. The van der Waals surface area contributed by atoms with Crippen LogP contribution in [0.25, 0.3) is 0 Å². The van der Waals surface area contributed by atoms with Crippen molar-refractivity contribution >= 4 is 0 Å². The van der Waals surface area contributed by atoms with E-state index in [0.29, 0.717) is 6.54 Å². The van der Waals surface area contributed by atoms with E-state index in [1.807, 2.05) is 13.8 Å². The zero-order chi connectivity index (χ0) is 15.6. The second kappa shape index (κ2) is 9.19. The first-order valence-corrected chi connectivity index (χ1v) is 7.14. The van der Waals surface area contributed by atoms with Crippen LogP contribution < -0.4 is 5.32 Å². The molecule has 0 radical (unpaired) electrons. The molecule has 0 bridgehead atoms. The molecule has 0 aliphatic heterocycles. The van der Waals surface area contributed by atoms with Gasteiger partial charge < -0.3 is 4.90 Å². The SMILES string of the molecule is CCCNC(C)(C#N)CCCCN(C)CCC(F)(F)F. The topological polar surface area (TPSA) is 39.1 Å². The molecular formula is C14H26F3N3. The number of hydrogen-bond donors (Lipinski definition) is 1. The maximum Gasteiger partial charge on any atom is 0.390 e. The molecule has 0 aliphatic rings. The van der Waals surface area contributed by atoms with E-state index >= 15 is 0 Å². The van der Waals surface area contributed by atoms with E-state index in [0.717, 1.165) is 32.2 Å². The van der Waals surface area contributed by atoms with Crippen LogP contribution in [0.1, 0.15) is 46.0 Å². The van der Waals surface area contributed by atoms with Crippen LogP contribution in [0.4, 0.5) is 13.2 Å². The van der Waals surface area contributed by atoms with E-state index in [9.17, 15) is 13.2 Å². The van der Waals surface area contributed by atoms with Gasteiger partial charge in [0.2, 0.25) is 0 Å². The first-order chi connectivity index (χ1) is 9.22. The minimum absolute atomic E-state index is 0.0348. The standard InChI is InChI=1S/C14H26F3N3/c1-4-9-19-13(2,12-18)7-5-6-10-20(3)11-8-14(15,16)17/h19H,4-11H2,1-3H3. The second-order valence-electron chi connectivity index (χ2n) is 5.50. The average molecular weight is 293 g/mol. The molecule has 118 valence electrons. The number of halogens is 3. The number of nitrogens with zero attached hydrogens (tertiary/aromatic N) is 2. The summed E-state index contributed by atoms with van der Waals surface area (Å²) in [7, 11) is 1.70. The molecule has 0 heterocycles. The maximum absolute atomic E-state index is 12.1. The first-order valence-electron chi connectivity index (χ1n) is 7.14. The molecule has 1 atom stereocenters.